The Balaban J connectivity index is 2.20. The van der Waals surface area contributed by atoms with Crippen LogP contribution in [0.5, 0.6) is 0 Å². The quantitative estimate of drug-likeness (QED) is 0.668. The van der Waals surface area contributed by atoms with Crippen molar-refractivity contribution >= 4 is 40.6 Å². The van der Waals surface area contributed by atoms with Gasteiger partial charge in [0, 0.05) is 17.9 Å². The van der Waals surface area contributed by atoms with Crippen LogP contribution < -0.4 is 0 Å². The predicted molar refractivity (Wildman–Crippen MR) is 104 cm³/mol. The van der Waals surface area contributed by atoms with Crippen LogP contribution in [0.25, 0.3) is 5.76 Å². The maximum atomic E-state index is 11.0. The third-order valence-electron chi connectivity index (χ3n) is 4.42. The van der Waals surface area contributed by atoms with Gasteiger partial charge in [-0.1, -0.05) is 95.0 Å². The van der Waals surface area contributed by atoms with E-state index in [1.165, 1.54) is 0 Å². The van der Waals surface area contributed by atoms with E-state index in [-0.39, 0.29) is 12.2 Å². The van der Waals surface area contributed by atoms with E-state index in [0.29, 0.717) is 11.1 Å². The lowest BCUT2D eigenvalue weighted by Gasteiger charge is -2.42. The van der Waals surface area contributed by atoms with Crippen LogP contribution >= 0.6 is 34.8 Å². The second-order valence-corrected chi connectivity index (χ2v) is 8.55. The second kappa shape index (κ2) is 7.13. The number of benzene rings is 2. The SMILES string of the molecule is Cc1ccc([C@H]2C[C@@](O)(C(Cl)(Cl)Cl)OC(c3ccccc3)=C2C#N)cc1. The maximum absolute atomic E-state index is 11.0. The van der Waals surface area contributed by atoms with E-state index in [0.717, 1.165) is 11.1 Å². The van der Waals surface area contributed by atoms with Crippen molar-refractivity contribution in [1.29, 1.82) is 5.26 Å². The monoisotopic (exact) mass is 407 g/mol. The van der Waals surface area contributed by atoms with Crippen molar-refractivity contribution in [1.82, 2.24) is 0 Å². The van der Waals surface area contributed by atoms with Gasteiger partial charge < -0.3 is 9.84 Å². The predicted octanol–water partition coefficient (Wildman–Crippen LogP) is 5.49. The van der Waals surface area contributed by atoms with Crippen molar-refractivity contribution in [2.24, 2.45) is 0 Å². The number of hydrogen-bond acceptors (Lipinski definition) is 3. The van der Waals surface area contributed by atoms with Gasteiger partial charge in [0.2, 0.25) is 0 Å². The Hall–Kier alpha value is -1.70. The van der Waals surface area contributed by atoms with Crippen molar-refractivity contribution in [2.75, 3.05) is 0 Å². The molecule has 0 radical (unpaired) electrons. The number of aryl methyl sites for hydroxylation is 1. The van der Waals surface area contributed by atoms with Gasteiger partial charge in [0.1, 0.15) is 5.76 Å². The lowest BCUT2D eigenvalue weighted by Crippen LogP contribution is -2.48. The molecule has 0 aliphatic carbocycles. The fourth-order valence-electron chi connectivity index (χ4n) is 2.99. The van der Waals surface area contributed by atoms with Crippen LogP contribution in [0.2, 0.25) is 0 Å². The molecule has 0 amide bonds. The first-order valence-electron chi connectivity index (χ1n) is 7.99. The average Bonchev–Trinajstić information content (AvgIpc) is 2.61. The minimum atomic E-state index is -2.09. The summed E-state index contributed by atoms with van der Waals surface area (Å²) in [5.41, 5.74) is 2.95. The molecule has 1 N–H and O–H groups in total. The van der Waals surface area contributed by atoms with E-state index >= 15 is 0 Å². The zero-order chi connectivity index (χ0) is 18.9. The molecule has 1 heterocycles. The summed E-state index contributed by atoms with van der Waals surface area (Å²) >= 11 is 18.1. The number of halogens is 3. The highest BCUT2D eigenvalue weighted by Crippen LogP contribution is 2.52. The van der Waals surface area contributed by atoms with Crippen LogP contribution in [0, 0.1) is 18.3 Å². The van der Waals surface area contributed by atoms with Crippen molar-refractivity contribution < 1.29 is 9.84 Å². The standard InChI is InChI=1S/C20H16Cl3NO2/c1-13-7-9-14(10-8-13)16-11-19(25,20(21,22)23)26-18(17(16)12-24)15-5-3-2-4-6-15/h2-10,16,25H,11H2,1H3/t16-,19+/m1/s1. The van der Waals surface area contributed by atoms with E-state index in [2.05, 4.69) is 6.07 Å². The molecule has 6 heteroatoms. The average molecular weight is 409 g/mol. The van der Waals surface area contributed by atoms with Crippen LogP contribution in [-0.2, 0) is 4.74 Å². The fraction of sp³-hybridized carbons (Fsp3) is 0.250. The Kier molecular flexibility index (Phi) is 5.23. The highest BCUT2D eigenvalue weighted by molar-refractivity contribution is 6.68. The molecule has 1 aliphatic heterocycles. The number of hydrogen-bond donors (Lipinski definition) is 1. The normalized spacial score (nSPS) is 23.3. The highest BCUT2D eigenvalue weighted by Gasteiger charge is 2.55. The van der Waals surface area contributed by atoms with Gasteiger partial charge >= 0.3 is 0 Å². The Bertz CT molecular complexity index is 867. The smallest absolute Gasteiger partial charge is 0.256 e. The maximum Gasteiger partial charge on any atom is 0.256 e. The molecule has 0 saturated carbocycles. The summed E-state index contributed by atoms with van der Waals surface area (Å²) in [5.74, 6) is -2.32. The van der Waals surface area contributed by atoms with Gasteiger partial charge in [-0.3, -0.25) is 0 Å². The summed E-state index contributed by atoms with van der Waals surface area (Å²) in [4.78, 5) is 0. The van der Waals surface area contributed by atoms with E-state index < -0.39 is 15.5 Å². The third kappa shape index (κ3) is 3.56. The summed E-state index contributed by atoms with van der Waals surface area (Å²) in [6.45, 7) is 1.97. The number of nitriles is 1. The van der Waals surface area contributed by atoms with Crippen LogP contribution in [0.4, 0.5) is 0 Å². The van der Waals surface area contributed by atoms with E-state index in [9.17, 15) is 10.4 Å². The molecule has 0 fully saturated rings. The van der Waals surface area contributed by atoms with Gasteiger partial charge in [-0.15, -0.1) is 0 Å². The van der Waals surface area contributed by atoms with Crippen LogP contribution in [0.1, 0.15) is 29.0 Å². The number of alkyl halides is 3. The molecule has 2 atom stereocenters. The van der Waals surface area contributed by atoms with Crippen LogP contribution in [-0.4, -0.2) is 14.7 Å². The Labute approximate surface area is 167 Å². The summed E-state index contributed by atoms with van der Waals surface area (Å²) < 4.78 is 3.63. The second-order valence-electron chi connectivity index (χ2n) is 6.27. The van der Waals surface area contributed by atoms with Gasteiger partial charge in [-0.2, -0.15) is 5.26 Å². The van der Waals surface area contributed by atoms with Crippen molar-refractivity contribution in [3.63, 3.8) is 0 Å². The molecule has 0 saturated heterocycles. The van der Waals surface area contributed by atoms with E-state index in [1.54, 1.807) is 12.1 Å². The molecule has 2 aromatic carbocycles. The Morgan fingerprint density at radius 2 is 1.73 bits per heavy atom. The molecule has 2 aromatic rings. The first-order chi connectivity index (χ1) is 12.2. The van der Waals surface area contributed by atoms with Gasteiger partial charge in [-0.05, 0) is 12.5 Å². The number of allylic oxidation sites excluding steroid dienone is 1. The van der Waals surface area contributed by atoms with E-state index in [4.69, 9.17) is 39.5 Å². The minimum Gasteiger partial charge on any atom is -0.456 e. The number of ether oxygens (including phenoxy) is 1. The van der Waals surface area contributed by atoms with Gasteiger partial charge in [0.15, 0.2) is 0 Å². The Morgan fingerprint density at radius 1 is 1.12 bits per heavy atom. The summed E-state index contributed by atoms with van der Waals surface area (Å²) in [6.07, 6.45) is -0.0498. The lowest BCUT2D eigenvalue weighted by atomic mass is 9.82. The topological polar surface area (TPSA) is 53.2 Å². The molecular weight excluding hydrogens is 393 g/mol. The summed E-state index contributed by atoms with van der Waals surface area (Å²) in [6, 6.07) is 18.9. The molecule has 0 spiro atoms. The van der Waals surface area contributed by atoms with Crippen molar-refractivity contribution in [3.05, 3.63) is 76.9 Å². The molecule has 134 valence electrons. The van der Waals surface area contributed by atoms with Crippen LogP contribution in [0.15, 0.2) is 60.2 Å². The number of aliphatic hydroxyl groups is 1. The van der Waals surface area contributed by atoms with Crippen molar-refractivity contribution in [3.8, 4) is 6.07 Å². The molecule has 3 nitrogen and oxygen atoms in total. The first kappa shape index (κ1) is 19.1. The molecule has 3 rings (SSSR count). The minimum absolute atomic E-state index is 0.0498. The van der Waals surface area contributed by atoms with Gasteiger partial charge in [0.05, 0.1) is 11.6 Å². The fourth-order valence-corrected chi connectivity index (χ4v) is 3.34. The zero-order valence-corrected chi connectivity index (χ0v) is 16.2. The summed E-state index contributed by atoms with van der Waals surface area (Å²) in [7, 11) is 0. The molecule has 1 aliphatic rings. The summed E-state index contributed by atoms with van der Waals surface area (Å²) in [5, 5.41) is 20.8. The molecule has 0 unspecified atom stereocenters. The third-order valence-corrected chi connectivity index (χ3v) is 5.31. The largest absolute Gasteiger partial charge is 0.456 e. The van der Waals surface area contributed by atoms with Crippen molar-refractivity contribution in [2.45, 2.75) is 28.8 Å². The van der Waals surface area contributed by atoms with E-state index in [1.807, 2.05) is 49.4 Å². The highest BCUT2D eigenvalue weighted by atomic mass is 35.6. The number of nitrogens with zero attached hydrogens (tertiary/aromatic N) is 1. The first-order valence-corrected chi connectivity index (χ1v) is 9.13. The van der Waals surface area contributed by atoms with Gasteiger partial charge in [-0.25, -0.2) is 0 Å². The zero-order valence-electron chi connectivity index (χ0n) is 13.9. The molecule has 26 heavy (non-hydrogen) atoms. The van der Waals surface area contributed by atoms with Gasteiger partial charge in [0.25, 0.3) is 9.58 Å². The Morgan fingerprint density at radius 3 is 2.27 bits per heavy atom. The molecule has 0 aromatic heterocycles. The van der Waals surface area contributed by atoms with Crippen LogP contribution in [0.3, 0.4) is 0 Å². The number of rotatable bonds is 2. The lowest BCUT2D eigenvalue weighted by molar-refractivity contribution is -0.166. The molecule has 0 bridgehead atoms. The molecular formula is C20H16Cl3NO2.